The lowest BCUT2D eigenvalue weighted by Crippen LogP contribution is -2.15. The lowest BCUT2D eigenvalue weighted by atomic mass is 10.5. The number of halogens is 2. The highest BCUT2D eigenvalue weighted by Crippen LogP contribution is 2.25. The molecule has 14 heavy (non-hydrogen) atoms. The molecule has 1 unspecified atom stereocenters. The zero-order valence-electron chi connectivity index (χ0n) is 6.98. The van der Waals surface area contributed by atoms with Crippen molar-refractivity contribution in [3.63, 3.8) is 0 Å². The number of carbonyl (C=O) groups is 1. The van der Waals surface area contributed by atoms with Crippen LogP contribution >= 0.6 is 39.3 Å². The van der Waals surface area contributed by atoms with Gasteiger partial charge in [0.2, 0.25) is 0 Å². The van der Waals surface area contributed by atoms with Gasteiger partial charge in [-0.2, -0.15) is 0 Å². The minimum atomic E-state index is -1.01. The first kappa shape index (κ1) is 11.8. The molecule has 0 aliphatic carbocycles. The van der Waals surface area contributed by atoms with E-state index in [1.54, 1.807) is 12.3 Å². The van der Waals surface area contributed by atoms with Crippen LogP contribution in [0.1, 0.15) is 0 Å². The second kappa shape index (κ2) is 5.58. The Balaban J connectivity index is 2.54. The quantitative estimate of drug-likeness (QED) is 0.685. The summed E-state index contributed by atoms with van der Waals surface area (Å²) in [5.74, 6) is -0.710. The lowest BCUT2D eigenvalue weighted by Gasteiger charge is -2.04. The first-order valence-corrected chi connectivity index (χ1v) is 5.93. The number of hydrogen-bond donors (Lipinski definition) is 1. The van der Waals surface area contributed by atoms with E-state index in [1.807, 2.05) is 6.07 Å². The third-order valence-corrected chi connectivity index (χ3v) is 3.88. The topological polar surface area (TPSA) is 50.2 Å². The van der Waals surface area contributed by atoms with Crippen LogP contribution in [0.3, 0.4) is 0 Å². The summed E-state index contributed by atoms with van der Waals surface area (Å²) in [6, 6.07) is 3.64. The number of hydrogen-bond acceptors (Lipinski definition) is 3. The van der Waals surface area contributed by atoms with Crippen molar-refractivity contribution >= 4 is 45.3 Å². The molecular formula is C8H7BrClNO2S. The molecule has 0 spiro atoms. The summed E-state index contributed by atoms with van der Waals surface area (Å²) in [6.07, 6.45) is 1.65. The number of pyridine rings is 1. The summed E-state index contributed by atoms with van der Waals surface area (Å²) in [6.45, 7) is 0. The first-order valence-electron chi connectivity index (χ1n) is 3.71. The van der Waals surface area contributed by atoms with Gasteiger partial charge in [0.25, 0.3) is 0 Å². The normalized spacial score (nSPS) is 12.4. The maximum Gasteiger partial charge on any atom is 0.322 e. The summed E-state index contributed by atoms with van der Waals surface area (Å²) in [5, 5.41) is 8.42. The molecule has 0 saturated heterocycles. The molecule has 0 bridgehead atoms. The standard InChI is InChI=1S/C8H7BrClNO2S/c9-5-2-1-3-11-7(5)14-4-6(10)8(12)13/h1-3,6H,4H2,(H,12,13). The zero-order valence-corrected chi connectivity index (χ0v) is 10.1. The Kier molecular flexibility index (Phi) is 4.71. The molecular weight excluding hydrogens is 290 g/mol. The Labute approximate surface area is 99.0 Å². The smallest absolute Gasteiger partial charge is 0.322 e. The molecule has 0 aliphatic heterocycles. The Morgan fingerprint density at radius 2 is 2.50 bits per heavy atom. The minimum Gasteiger partial charge on any atom is -0.480 e. The van der Waals surface area contributed by atoms with Crippen LogP contribution in [0.5, 0.6) is 0 Å². The zero-order chi connectivity index (χ0) is 10.6. The average molecular weight is 297 g/mol. The number of carboxylic acid groups (broad SMARTS) is 1. The van der Waals surface area contributed by atoms with Gasteiger partial charge in [-0.1, -0.05) is 0 Å². The molecule has 1 N–H and O–H groups in total. The van der Waals surface area contributed by atoms with Crippen molar-refractivity contribution in [2.75, 3.05) is 5.75 Å². The molecule has 1 heterocycles. The molecule has 6 heteroatoms. The van der Waals surface area contributed by atoms with E-state index in [9.17, 15) is 4.79 Å². The van der Waals surface area contributed by atoms with E-state index in [0.29, 0.717) is 5.75 Å². The molecule has 76 valence electrons. The summed E-state index contributed by atoms with van der Waals surface area (Å²) in [4.78, 5) is 14.5. The number of aromatic nitrogens is 1. The van der Waals surface area contributed by atoms with E-state index in [2.05, 4.69) is 20.9 Å². The van der Waals surface area contributed by atoms with Crippen LogP contribution in [0.15, 0.2) is 27.8 Å². The molecule has 0 saturated carbocycles. The van der Waals surface area contributed by atoms with Crippen molar-refractivity contribution in [3.05, 3.63) is 22.8 Å². The third kappa shape index (κ3) is 3.48. The van der Waals surface area contributed by atoms with Crippen LogP contribution in [-0.4, -0.2) is 27.2 Å². The van der Waals surface area contributed by atoms with Gasteiger partial charge in [-0.15, -0.1) is 23.4 Å². The Morgan fingerprint density at radius 3 is 3.07 bits per heavy atom. The second-order valence-corrected chi connectivity index (χ2v) is 4.80. The highest BCUT2D eigenvalue weighted by Gasteiger charge is 2.14. The van der Waals surface area contributed by atoms with Crippen molar-refractivity contribution < 1.29 is 9.90 Å². The van der Waals surface area contributed by atoms with Gasteiger partial charge in [-0.05, 0) is 28.1 Å². The van der Waals surface area contributed by atoms with Gasteiger partial charge in [-0.25, -0.2) is 4.98 Å². The van der Waals surface area contributed by atoms with Crippen molar-refractivity contribution in [2.24, 2.45) is 0 Å². The number of aliphatic carboxylic acids is 1. The van der Waals surface area contributed by atoms with Crippen LogP contribution in [0.4, 0.5) is 0 Å². The number of nitrogens with zero attached hydrogens (tertiary/aromatic N) is 1. The van der Waals surface area contributed by atoms with Crippen LogP contribution in [0.25, 0.3) is 0 Å². The molecule has 0 fully saturated rings. The molecule has 0 radical (unpaired) electrons. The second-order valence-electron chi connectivity index (χ2n) is 2.41. The van der Waals surface area contributed by atoms with Gasteiger partial charge in [0.15, 0.2) is 0 Å². The van der Waals surface area contributed by atoms with Crippen LogP contribution in [0, 0.1) is 0 Å². The molecule has 3 nitrogen and oxygen atoms in total. The molecule has 0 aliphatic rings. The summed E-state index contributed by atoms with van der Waals surface area (Å²) >= 11 is 10.2. The van der Waals surface area contributed by atoms with E-state index in [4.69, 9.17) is 16.7 Å². The number of alkyl halides is 1. The van der Waals surface area contributed by atoms with E-state index in [0.717, 1.165) is 9.50 Å². The van der Waals surface area contributed by atoms with E-state index in [-0.39, 0.29) is 0 Å². The van der Waals surface area contributed by atoms with Crippen molar-refractivity contribution in [1.29, 1.82) is 0 Å². The van der Waals surface area contributed by atoms with E-state index in [1.165, 1.54) is 11.8 Å². The number of rotatable bonds is 4. The Hall–Kier alpha value is -0.260. The average Bonchev–Trinajstić information content (AvgIpc) is 2.16. The predicted molar refractivity (Wildman–Crippen MR) is 59.9 cm³/mol. The third-order valence-electron chi connectivity index (χ3n) is 1.36. The molecule has 0 amide bonds. The van der Waals surface area contributed by atoms with Gasteiger partial charge >= 0.3 is 5.97 Å². The van der Waals surface area contributed by atoms with Gasteiger partial charge in [-0.3, -0.25) is 4.79 Å². The monoisotopic (exact) mass is 295 g/mol. The Morgan fingerprint density at radius 1 is 1.79 bits per heavy atom. The predicted octanol–water partition coefficient (Wildman–Crippen LogP) is 2.63. The van der Waals surface area contributed by atoms with Crippen LogP contribution in [0.2, 0.25) is 0 Å². The molecule has 1 aromatic heterocycles. The highest BCUT2D eigenvalue weighted by atomic mass is 79.9. The molecule has 1 rings (SSSR count). The minimum absolute atomic E-state index is 0.298. The maximum atomic E-state index is 10.4. The van der Waals surface area contributed by atoms with Gasteiger partial charge in [0, 0.05) is 16.4 Å². The van der Waals surface area contributed by atoms with Crippen LogP contribution < -0.4 is 0 Å². The fraction of sp³-hybridized carbons (Fsp3) is 0.250. The van der Waals surface area contributed by atoms with Crippen LogP contribution in [-0.2, 0) is 4.79 Å². The van der Waals surface area contributed by atoms with Crippen molar-refractivity contribution in [1.82, 2.24) is 4.98 Å². The van der Waals surface area contributed by atoms with E-state index < -0.39 is 11.3 Å². The van der Waals surface area contributed by atoms with E-state index >= 15 is 0 Å². The number of carboxylic acids is 1. The Bertz CT molecular complexity index is 337. The summed E-state index contributed by atoms with van der Waals surface area (Å²) in [5.41, 5.74) is 0. The van der Waals surface area contributed by atoms with Gasteiger partial charge < -0.3 is 5.11 Å². The maximum absolute atomic E-state index is 10.4. The fourth-order valence-corrected chi connectivity index (χ4v) is 2.28. The lowest BCUT2D eigenvalue weighted by molar-refractivity contribution is -0.136. The largest absolute Gasteiger partial charge is 0.480 e. The molecule has 1 atom stereocenters. The van der Waals surface area contributed by atoms with Crippen molar-refractivity contribution in [3.8, 4) is 0 Å². The van der Waals surface area contributed by atoms with Crippen molar-refractivity contribution in [2.45, 2.75) is 10.4 Å². The molecule has 0 aromatic carbocycles. The molecule has 1 aromatic rings. The van der Waals surface area contributed by atoms with Gasteiger partial charge in [0.1, 0.15) is 10.4 Å². The number of thioether (sulfide) groups is 1. The highest BCUT2D eigenvalue weighted by molar-refractivity contribution is 9.10. The first-order chi connectivity index (χ1) is 6.61. The fourth-order valence-electron chi connectivity index (χ4n) is 0.701. The van der Waals surface area contributed by atoms with Gasteiger partial charge in [0.05, 0.1) is 0 Å². The SMILES string of the molecule is O=C(O)C(Cl)CSc1ncccc1Br. The summed E-state index contributed by atoms with van der Waals surface area (Å²) < 4.78 is 0.847. The summed E-state index contributed by atoms with van der Waals surface area (Å²) in [7, 11) is 0.